The van der Waals surface area contributed by atoms with Crippen molar-refractivity contribution in [3.63, 3.8) is 0 Å². The molecular weight excluding hydrogens is 447 g/mol. The molecule has 3 aromatic carbocycles. The fourth-order valence-corrected chi connectivity index (χ4v) is 4.80. The van der Waals surface area contributed by atoms with Gasteiger partial charge in [0.15, 0.2) is 0 Å². The molecule has 0 saturated heterocycles. The van der Waals surface area contributed by atoms with Crippen LogP contribution in [0.4, 0.5) is 10.1 Å². The van der Waals surface area contributed by atoms with Gasteiger partial charge in [0.25, 0.3) is 0 Å². The van der Waals surface area contributed by atoms with E-state index in [4.69, 9.17) is 4.74 Å². The minimum atomic E-state index is -4.15. The molecule has 0 fully saturated rings. The molecule has 0 bridgehead atoms. The van der Waals surface area contributed by atoms with Gasteiger partial charge in [0.05, 0.1) is 22.9 Å². The van der Waals surface area contributed by atoms with Gasteiger partial charge in [0, 0.05) is 11.9 Å². The molecule has 1 heterocycles. The highest BCUT2D eigenvalue weighted by molar-refractivity contribution is 7.91. The van der Waals surface area contributed by atoms with Crippen molar-refractivity contribution in [1.29, 1.82) is 0 Å². The molecule has 168 valence electrons. The third kappa shape index (κ3) is 4.49. The van der Waals surface area contributed by atoms with E-state index < -0.39 is 31.9 Å². The highest BCUT2D eigenvalue weighted by Gasteiger charge is 2.24. The third-order valence-electron chi connectivity index (χ3n) is 5.04. The van der Waals surface area contributed by atoms with E-state index in [9.17, 15) is 22.4 Å². The Labute approximate surface area is 189 Å². The van der Waals surface area contributed by atoms with Gasteiger partial charge in [0.1, 0.15) is 23.0 Å². The van der Waals surface area contributed by atoms with Crippen molar-refractivity contribution in [3.05, 3.63) is 95.0 Å². The molecule has 0 aliphatic heterocycles. The van der Waals surface area contributed by atoms with Gasteiger partial charge in [-0.25, -0.2) is 12.8 Å². The molecule has 1 N–H and O–H groups in total. The molecule has 4 rings (SSSR count). The van der Waals surface area contributed by atoms with Crippen molar-refractivity contribution < 1.29 is 22.3 Å². The molecule has 33 heavy (non-hydrogen) atoms. The molecule has 4 aromatic rings. The van der Waals surface area contributed by atoms with Gasteiger partial charge in [-0.1, -0.05) is 18.2 Å². The molecule has 0 aliphatic carbocycles. The molecule has 1 aromatic heterocycles. The number of sulfone groups is 1. The number of aromatic nitrogens is 1. The molecule has 9 heteroatoms. The van der Waals surface area contributed by atoms with Crippen LogP contribution >= 0.6 is 0 Å². The van der Waals surface area contributed by atoms with Crippen LogP contribution in [-0.2, 0) is 21.2 Å². The SMILES string of the molecule is COc1ccc2c(c1)c(=O)c(S(=O)(=O)c1ccccc1)cn2CC(=O)Nc1ccc(F)cc1. The van der Waals surface area contributed by atoms with E-state index in [-0.39, 0.29) is 16.8 Å². The summed E-state index contributed by atoms with van der Waals surface area (Å²) in [5, 5.41) is 2.73. The summed E-state index contributed by atoms with van der Waals surface area (Å²) in [6, 6.07) is 17.5. The van der Waals surface area contributed by atoms with Crippen molar-refractivity contribution in [1.82, 2.24) is 4.57 Å². The minimum Gasteiger partial charge on any atom is -0.497 e. The summed E-state index contributed by atoms with van der Waals surface area (Å²) < 4.78 is 46.2. The van der Waals surface area contributed by atoms with E-state index in [1.54, 1.807) is 30.3 Å². The number of amides is 1. The van der Waals surface area contributed by atoms with E-state index >= 15 is 0 Å². The number of methoxy groups -OCH3 is 1. The van der Waals surface area contributed by atoms with E-state index in [1.165, 1.54) is 60.3 Å². The lowest BCUT2D eigenvalue weighted by molar-refractivity contribution is -0.116. The Morgan fingerprint density at radius 1 is 1.03 bits per heavy atom. The largest absolute Gasteiger partial charge is 0.497 e. The summed E-state index contributed by atoms with van der Waals surface area (Å²) in [6.07, 6.45) is 1.17. The van der Waals surface area contributed by atoms with Crippen molar-refractivity contribution in [2.75, 3.05) is 12.4 Å². The van der Waals surface area contributed by atoms with E-state index in [2.05, 4.69) is 5.32 Å². The third-order valence-corrected chi connectivity index (χ3v) is 6.80. The Bertz CT molecular complexity index is 1500. The first-order valence-corrected chi connectivity index (χ1v) is 11.3. The molecule has 0 spiro atoms. The number of hydrogen-bond donors (Lipinski definition) is 1. The number of halogens is 1. The van der Waals surface area contributed by atoms with Crippen molar-refractivity contribution >= 4 is 32.3 Å². The summed E-state index contributed by atoms with van der Waals surface area (Å²) in [7, 11) is -2.72. The second kappa shape index (κ2) is 8.87. The summed E-state index contributed by atoms with van der Waals surface area (Å²) in [5.41, 5.74) is 0.0514. The Balaban J connectivity index is 1.83. The molecule has 0 saturated carbocycles. The summed E-state index contributed by atoms with van der Waals surface area (Å²) in [6.45, 7) is -0.280. The monoisotopic (exact) mass is 466 g/mol. The van der Waals surface area contributed by atoms with E-state index in [0.717, 1.165) is 0 Å². The topological polar surface area (TPSA) is 94.5 Å². The van der Waals surface area contributed by atoms with Crippen molar-refractivity contribution in [2.24, 2.45) is 0 Å². The second-order valence-corrected chi connectivity index (χ2v) is 9.12. The van der Waals surface area contributed by atoms with Crippen LogP contribution < -0.4 is 15.5 Å². The second-order valence-electron chi connectivity index (χ2n) is 7.21. The van der Waals surface area contributed by atoms with Gasteiger partial charge in [-0.2, -0.15) is 0 Å². The predicted octanol–water partition coefficient (Wildman–Crippen LogP) is 3.62. The normalized spacial score (nSPS) is 11.3. The van der Waals surface area contributed by atoms with Crippen LogP contribution in [0.15, 0.2) is 93.6 Å². The van der Waals surface area contributed by atoms with Crippen molar-refractivity contribution in [2.45, 2.75) is 16.3 Å². The van der Waals surface area contributed by atoms with Crippen LogP contribution in [0.5, 0.6) is 5.75 Å². The highest BCUT2D eigenvalue weighted by Crippen LogP contribution is 2.24. The van der Waals surface area contributed by atoms with Crippen LogP contribution in [0, 0.1) is 5.82 Å². The number of nitrogens with one attached hydrogen (secondary N) is 1. The first kappa shape index (κ1) is 22.2. The Morgan fingerprint density at radius 3 is 2.39 bits per heavy atom. The minimum absolute atomic E-state index is 0.0355. The van der Waals surface area contributed by atoms with Gasteiger partial charge in [-0.15, -0.1) is 0 Å². The van der Waals surface area contributed by atoms with Gasteiger partial charge in [0.2, 0.25) is 21.2 Å². The molecule has 1 amide bonds. The number of carbonyl (C=O) groups excluding carboxylic acids is 1. The smallest absolute Gasteiger partial charge is 0.244 e. The molecule has 7 nitrogen and oxygen atoms in total. The average Bonchev–Trinajstić information content (AvgIpc) is 2.82. The number of ether oxygens (including phenoxy) is 1. The standard InChI is InChI=1S/C24H19FN2O5S/c1-32-18-11-12-21-20(13-18)24(29)22(33(30,31)19-5-3-2-4-6-19)14-27(21)15-23(28)26-17-9-7-16(25)8-10-17/h2-14H,15H2,1H3,(H,26,28). The number of hydrogen-bond acceptors (Lipinski definition) is 5. The van der Waals surface area contributed by atoms with Gasteiger partial charge >= 0.3 is 0 Å². The number of pyridine rings is 1. The maximum atomic E-state index is 13.2. The van der Waals surface area contributed by atoms with Crippen LogP contribution in [0.3, 0.4) is 0 Å². The number of carbonyl (C=O) groups is 1. The molecule has 0 atom stereocenters. The van der Waals surface area contributed by atoms with Crippen LogP contribution in [0.25, 0.3) is 10.9 Å². The quantitative estimate of drug-likeness (QED) is 0.468. The zero-order chi connectivity index (χ0) is 23.6. The fraction of sp³-hybridized carbons (Fsp3) is 0.0833. The molecule has 0 radical (unpaired) electrons. The summed E-state index contributed by atoms with van der Waals surface area (Å²) in [4.78, 5) is 25.4. The number of rotatable bonds is 6. The van der Waals surface area contributed by atoms with Crippen LogP contribution in [0.2, 0.25) is 0 Å². The average molecular weight is 466 g/mol. The first-order valence-electron chi connectivity index (χ1n) is 9.86. The number of benzene rings is 3. The fourth-order valence-electron chi connectivity index (χ4n) is 3.41. The predicted molar refractivity (Wildman–Crippen MR) is 122 cm³/mol. The Kier molecular flexibility index (Phi) is 5.97. The molecular formula is C24H19FN2O5S. The van der Waals surface area contributed by atoms with Crippen LogP contribution in [-0.4, -0.2) is 26.0 Å². The zero-order valence-electron chi connectivity index (χ0n) is 17.5. The maximum Gasteiger partial charge on any atom is 0.244 e. The highest BCUT2D eigenvalue weighted by atomic mass is 32.2. The zero-order valence-corrected chi connectivity index (χ0v) is 18.3. The summed E-state index contributed by atoms with van der Waals surface area (Å²) >= 11 is 0. The Hall–Kier alpha value is -3.98. The lowest BCUT2D eigenvalue weighted by Gasteiger charge is -2.15. The number of nitrogens with zero attached hydrogens (tertiary/aromatic N) is 1. The van der Waals surface area contributed by atoms with Crippen LogP contribution in [0.1, 0.15) is 0 Å². The lowest BCUT2D eigenvalue weighted by atomic mass is 10.2. The van der Waals surface area contributed by atoms with Gasteiger partial charge in [-0.05, 0) is 54.6 Å². The van der Waals surface area contributed by atoms with Gasteiger partial charge in [-0.3, -0.25) is 9.59 Å². The lowest BCUT2D eigenvalue weighted by Crippen LogP contribution is -2.24. The molecule has 0 aliphatic rings. The maximum absolute atomic E-state index is 13.2. The number of fused-ring (bicyclic) bond motifs is 1. The van der Waals surface area contributed by atoms with E-state index in [0.29, 0.717) is 17.0 Å². The number of anilines is 1. The molecule has 0 unspecified atom stereocenters. The van der Waals surface area contributed by atoms with E-state index in [1.807, 2.05) is 0 Å². The summed E-state index contributed by atoms with van der Waals surface area (Å²) in [5.74, 6) is -0.550. The Morgan fingerprint density at radius 2 is 1.73 bits per heavy atom. The van der Waals surface area contributed by atoms with Gasteiger partial charge < -0.3 is 14.6 Å². The first-order chi connectivity index (χ1) is 15.8. The van der Waals surface area contributed by atoms with Crippen molar-refractivity contribution in [3.8, 4) is 5.75 Å².